The summed E-state index contributed by atoms with van der Waals surface area (Å²) in [5, 5.41) is 11.8. The number of nitrogens with zero attached hydrogens (tertiary/aromatic N) is 2. The zero-order valence-electron chi connectivity index (χ0n) is 17.6. The Morgan fingerprint density at radius 3 is 2.59 bits per heavy atom. The number of anilines is 1. The number of hydrogen-bond acceptors (Lipinski definition) is 7. The van der Waals surface area contributed by atoms with Crippen molar-refractivity contribution < 1.29 is 22.8 Å². The summed E-state index contributed by atoms with van der Waals surface area (Å²) >= 11 is 0. The number of aromatic nitrogens is 2. The zero-order valence-corrected chi connectivity index (χ0v) is 18.4. The van der Waals surface area contributed by atoms with Gasteiger partial charge < -0.3 is 16.4 Å². The van der Waals surface area contributed by atoms with Gasteiger partial charge in [-0.1, -0.05) is 30.3 Å². The van der Waals surface area contributed by atoms with Gasteiger partial charge in [-0.05, 0) is 25.0 Å². The largest absolute Gasteiger partial charge is 0.367 e. The minimum Gasteiger partial charge on any atom is -0.367 e. The molecule has 5 N–H and O–H groups in total. The molecule has 3 rings (SSSR count). The Morgan fingerprint density at radius 1 is 1.28 bits per heavy atom. The average Bonchev–Trinajstić information content (AvgIpc) is 3.26. The van der Waals surface area contributed by atoms with Crippen molar-refractivity contribution in [1.29, 1.82) is 0 Å². The fraction of sp³-hybridized carbons (Fsp3) is 0.400. The number of amides is 2. The molecule has 2 amide bonds. The number of piperazine rings is 1. The van der Waals surface area contributed by atoms with E-state index in [-0.39, 0.29) is 31.9 Å². The van der Waals surface area contributed by atoms with Gasteiger partial charge in [0, 0.05) is 25.2 Å². The lowest BCUT2D eigenvalue weighted by molar-refractivity contribution is -0.134. The van der Waals surface area contributed by atoms with Crippen molar-refractivity contribution in [3.8, 4) is 0 Å². The SMILES string of the molecule is C[C@](Nc1cc[nH]n1)(C(N)=O)C(=O)C(Cc1ccccc1)CS(=O)(=O)N1CCNC(=O)C1. The van der Waals surface area contributed by atoms with Crippen LogP contribution in [0.3, 0.4) is 0 Å². The van der Waals surface area contributed by atoms with Crippen molar-refractivity contribution in [1.82, 2.24) is 19.8 Å². The van der Waals surface area contributed by atoms with E-state index in [0.29, 0.717) is 0 Å². The summed E-state index contributed by atoms with van der Waals surface area (Å²) in [6, 6.07) is 10.4. The van der Waals surface area contributed by atoms with Crippen LogP contribution in [0.15, 0.2) is 42.6 Å². The number of benzene rings is 1. The first-order valence-corrected chi connectivity index (χ1v) is 11.6. The normalized spacial score (nSPS) is 17.7. The van der Waals surface area contributed by atoms with Crippen LogP contribution in [0.1, 0.15) is 12.5 Å². The maximum atomic E-state index is 13.6. The van der Waals surface area contributed by atoms with Gasteiger partial charge in [0.25, 0.3) is 5.91 Å². The number of Topliss-reactive ketones (excluding diaryl/α,β-unsaturated/α-hetero) is 1. The van der Waals surface area contributed by atoms with Crippen molar-refractivity contribution in [2.24, 2.45) is 11.7 Å². The molecular weight excluding hydrogens is 436 g/mol. The number of ketones is 1. The van der Waals surface area contributed by atoms with Gasteiger partial charge >= 0.3 is 0 Å². The van der Waals surface area contributed by atoms with E-state index < -0.39 is 44.8 Å². The van der Waals surface area contributed by atoms with Crippen molar-refractivity contribution in [3.05, 3.63) is 48.2 Å². The highest BCUT2D eigenvalue weighted by Crippen LogP contribution is 2.24. The highest BCUT2D eigenvalue weighted by atomic mass is 32.2. The van der Waals surface area contributed by atoms with E-state index in [1.807, 2.05) is 0 Å². The molecule has 2 heterocycles. The molecule has 1 aliphatic rings. The van der Waals surface area contributed by atoms with Crippen LogP contribution in [-0.4, -0.2) is 71.4 Å². The third-order valence-corrected chi connectivity index (χ3v) is 7.29. The maximum Gasteiger partial charge on any atom is 0.250 e. The summed E-state index contributed by atoms with van der Waals surface area (Å²) < 4.78 is 27.2. The van der Waals surface area contributed by atoms with Crippen LogP contribution in [0, 0.1) is 5.92 Å². The molecule has 1 aromatic heterocycles. The summed E-state index contributed by atoms with van der Waals surface area (Å²) in [6.45, 7) is 1.30. The van der Waals surface area contributed by atoms with Gasteiger partial charge in [-0.15, -0.1) is 0 Å². The molecule has 2 aromatic rings. The van der Waals surface area contributed by atoms with E-state index in [2.05, 4.69) is 20.8 Å². The number of primary amides is 1. The molecule has 1 aliphatic heterocycles. The topological polar surface area (TPSA) is 167 Å². The summed E-state index contributed by atoms with van der Waals surface area (Å²) in [5.74, 6) is -3.50. The molecule has 1 unspecified atom stereocenters. The van der Waals surface area contributed by atoms with Crippen LogP contribution < -0.4 is 16.4 Å². The van der Waals surface area contributed by atoms with Gasteiger partial charge in [0.2, 0.25) is 15.9 Å². The highest BCUT2D eigenvalue weighted by molar-refractivity contribution is 7.89. The summed E-state index contributed by atoms with van der Waals surface area (Å²) in [7, 11) is -3.98. The van der Waals surface area contributed by atoms with Crippen LogP contribution in [0.2, 0.25) is 0 Å². The van der Waals surface area contributed by atoms with Crippen LogP contribution in [0.25, 0.3) is 0 Å². The van der Waals surface area contributed by atoms with Crippen molar-refractivity contribution >= 4 is 33.4 Å². The predicted molar refractivity (Wildman–Crippen MR) is 117 cm³/mol. The average molecular weight is 463 g/mol. The Kier molecular flexibility index (Phi) is 6.94. The number of carbonyl (C=O) groups excluding carboxylic acids is 3. The Morgan fingerprint density at radius 2 is 2.00 bits per heavy atom. The Labute approximate surface area is 185 Å². The number of H-pyrrole nitrogens is 1. The van der Waals surface area contributed by atoms with Crippen molar-refractivity contribution in [2.75, 3.05) is 30.7 Å². The molecule has 0 spiro atoms. The second-order valence-corrected chi connectivity index (χ2v) is 9.80. The Bertz CT molecular complexity index is 1070. The lowest BCUT2D eigenvalue weighted by atomic mass is 9.84. The first-order chi connectivity index (χ1) is 15.1. The van der Waals surface area contributed by atoms with E-state index in [1.54, 1.807) is 30.3 Å². The molecule has 1 aromatic carbocycles. The number of carbonyl (C=O) groups is 3. The van der Waals surface area contributed by atoms with Crippen LogP contribution in [0.4, 0.5) is 5.82 Å². The van der Waals surface area contributed by atoms with Gasteiger partial charge in [0.1, 0.15) is 5.82 Å². The van der Waals surface area contributed by atoms with Crippen molar-refractivity contribution in [3.63, 3.8) is 0 Å². The predicted octanol–water partition coefficient (Wildman–Crippen LogP) is -0.745. The molecule has 32 heavy (non-hydrogen) atoms. The van der Waals surface area contributed by atoms with Crippen LogP contribution in [0.5, 0.6) is 0 Å². The van der Waals surface area contributed by atoms with E-state index >= 15 is 0 Å². The second kappa shape index (κ2) is 9.49. The third kappa shape index (κ3) is 5.32. The molecule has 1 fully saturated rings. The van der Waals surface area contributed by atoms with E-state index in [9.17, 15) is 22.8 Å². The minimum atomic E-state index is -3.98. The van der Waals surface area contributed by atoms with Crippen molar-refractivity contribution in [2.45, 2.75) is 18.9 Å². The molecule has 11 nitrogen and oxygen atoms in total. The lowest BCUT2D eigenvalue weighted by Crippen LogP contribution is -2.58. The van der Waals surface area contributed by atoms with Gasteiger partial charge in [0.15, 0.2) is 11.3 Å². The first-order valence-electron chi connectivity index (χ1n) is 10.0. The number of nitrogens with two attached hydrogens (primary N) is 1. The number of rotatable bonds is 10. The fourth-order valence-electron chi connectivity index (χ4n) is 3.58. The third-order valence-electron chi connectivity index (χ3n) is 5.37. The molecule has 0 saturated carbocycles. The van der Waals surface area contributed by atoms with Gasteiger partial charge in [-0.2, -0.15) is 9.40 Å². The fourth-order valence-corrected chi connectivity index (χ4v) is 5.25. The van der Waals surface area contributed by atoms with E-state index in [0.717, 1.165) is 9.87 Å². The molecule has 1 saturated heterocycles. The zero-order chi connectivity index (χ0) is 23.4. The minimum absolute atomic E-state index is 0.0735. The van der Waals surface area contributed by atoms with Gasteiger partial charge in [0.05, 0.1) is 12.3 Å². The maximum absolute atomic E-state index is 13.6. The first kappa shape index (κ1) is 23.4. The van der Waals surface area contributed by atoms with E-state index in [1.165, 1.54) is 19.2 Å². The summed E-state index contributed by atoms with van der Waals surface area (Å²) in [5.41, 5.74) is 4.40. The monoisotopic (exact) mass is 462 g/mol. The molecule has 12 heteroatoms. The number of sulfonamides is 1. The quantitative estimate of drug-likeness (QED) is 0.337. The smallest absolute Gasteiger partial charge is 0.250 e. The van der Waals surface area contributed by atoms with Gasteiger partial charge in [-0.3, -0.25) is 19.5 Å². The van der Waals surface area contributed by atoms with E-state index in [4.69, 9.17) is 5.73 Å². The molecule has 0 radical (unpaired) electrons. The highest BCUT2D eigenvalue weighted by Gasteiger charge is 2.45. The number of hydrogen-bond donors (Lipinski definition) is 4. The molecule has 0 aliphatic carbocycles. The Balaban J connectivity index is 1.92. The number of nitrogens with one attached hydrogen (secondary N) is 3. The standard InChI is InChI=1S/C20H26N6O5S/c1-20(19(21)29,24-16-7-8-23-25-16)18(28)15(11-14-5-3-2-4-6-14)13-32(30,31)26-10-9-22-17(27)12-26/h2-8,15H,9-13H2,1H3,(H2,21,29)(H,22,27)(H2,23,24,25)/t15?,20-/m1/s1. The van der Waals surface area contributed by atoms with Gasteiger partial charge in [-0.25, -0.2) is 8.42 Å². The lowest BCUT2D eigenvalue weighted by Gasteiger charge is -2.32. The molecular formula is C20H26N6O5S. The van der Waals surface area contributed by atoms with Crippen LogP contribution >= 0.6 is 0 Å². The summed E-state index contributed by atoms with van der Waals surface area (Å²) in [6.07, 6.45) is 1.57. The number of aromatic amines is 1. The molecule has 0 bridgehead atoms. The Hall–Kier alpha value is -3.25. The van der Waals surface area contributed by atoms with Crippen LogP contribution in [-0.2, 0) is 30.8 Å². The molecule has 172 valence electrons. The summed E-state index contributed by atoms with van der Waals surface area (Å²) in [4.78, 5) is 37.6. The second-order valence-electron chi connectivity index (χ2n) is 7.79. The molecule has 2 atom stereocenters.